The second-order valence-electron chi connectivity index (χ2n) is 23.6. The number of rotatable bonds is 7. The molecular weight excluding hydrogens is 1130 g/mol. The molecule has 0 aliphatic heterocycles. The second-order valence-corrected chi connectivity index (χ2v) is 23.6. The van der Waals surface area contributed by atoms with Crippen LogP contribution in [-0.2, 0) is 0 Å². The Morgan fingerprint density at radius 3 is 1.11 bits per heavy atom. The highest BCUT2D eigenvalue weighted by Crippen LogP contribution is 2.52. The van der Waals surface area contributed by atoms with E-state index in [2.05, 4.69) is 190 Å². The van der Waals surface area contributed by atoms with Gasteiger partial charge in [-0.25, -0.2) is 15.0 Å². The van der Waals surface area contributed by atoms with Crippen LogP contribution in [0.5, 0.6) is 0 Å². The van der Waals surface area contributed by atoms with E-state index in [4.69, 9.17) is 28.2 Å². The highest BCUT2D eigenvalue weighted by atomic mass is 16.3. The smallest absolute Gasteiger partial charge is 0.166 e. The molecule has 0 amide bonds. The van der Waals surface area contributed by atoms with Gasteiger partial charge in [-0.05, 0) is 96.1 Å². The summed E-state index contributed by atoms with van der Waals surface area (Å²) in [6.07, 6.45) is 0. The molecule has 13 aromatic carbocycles. The van der Waals surface area contributed by atoms with Crippen LogP contribution in [-0.4, -0.2) is 28.7 Å². The Morgan fingerprint density at radius 2 is 0.630 bits per heavy atom. The third kappa shape index (κ3) is 7.04. The Labute approximate surface area is 522 Å². The maximum absolute atomic E-state index is 12.6. The van der Waals surface area contributed by atoms with Crippen LogP contribution in [0.3, 0.4) is 0 Å². The minimum Gasteiger partial charge on any atom is -0.456 e. The van der Waals surface area contributed by atoms with Crippen LogP contribution in [0.4, 0.5) is 0 Å². The minimum atomic E-state index is 0.378. The van der Waals surface area contributed by atoms with Crippen molar-refractivity contribution < 1.29 is 13.3 Å². The van der Waals surface area contributed by atoms with Gasteiger partial charge in [0.05, 0.1) is 55.7 Å². The normalized spacial score (nSPS) is 12.1. The van der Waals surface area contributed by atoms with Crippen molar-refractivity contribution in [3.8, 4) is 68.4 Å². The first-order chi connectivity index (χ1) is 45.6. The fourth-order valence-corrected chi connectivity index (χ4v) is 14.9. The molecule has 0 aliphatic rings. The van der Waals surface area contributed by atoms with Crippen molar-refractivity contribution in [3.05, 3.63) is 279 Å². The second kappa shape index (κ2) is 19.1. The zero-order valence-electron chi connectivity index (χ0n) is 48.8. The van der Waals surface area contributed by atoms with Gasteiger partial charge in [-0.2, -0.15) is 5.26 Å². The number of furan rings is 3. The van der Waals surface area contributed by atoms with Crippen LogP contribution < -0.4 is 0 Å². The lowest BCUT2D eigenvalue weighted by atomic mass is 10.0. The number of aromatic nitrogens is 6. The van der Waals surface area contributed by atoms with E-state index in [-0.39, 0.29) is 0 Å². The summed E-state index contributed by atoms with van der Waals surface area (Å²) in [6, 6.07) is 97.2. The lowest BCUT2D eigenvalue weighted by Gasteiger charge is -2.25. The molecular formula is C82H45N7O3. The number of benzene rings is 13. The van der Waals surface area contributed by atoms with Crippen molar-refractivity contribution in [3.63, 3.8) is 0 Å². The summed E-state index contributed by atoms with van der Waals surface area (Å²) in [5.41, 5.74) is 17.0. The Hall–Kier alpha value is -12.8. The minimum absolute atomic E-state index is 0.378. The summed E-state index contributed by atoms with van der Waals surface area (Å²) in [5.74, 6) is 1.35. The van der Waals surface area contributed by atoms with Gasteiger partial charge >= 0.3 is 0 Å². The number of fused-ring (bicyclic) bond motifs is 21. The predicted molar refractivity (Wildman–Crippen MR) is 371 cm³/mol. The van der Waals surface area contributed by atoms with Gasteiger partial charge in [0.2, 0.25) is 0 Å². The molecule has 10 heteroatoms. The molecule has 0 spiro atoms. The number of nitriles is 1. The van der Waals surface area contributed by atoms with Crippen molar-refractivity contribution >= 4 is 131 Å². The van der Waals surface area contributed by atoms with Crippen LogP contribution >= 0.6 is 0 Å². The van der Waals surface area contributed by atoms with Gasteiger partial charge in [0, 0.05) is 81.3 Å². The third-order valence-electron chi connectivity index (χ3n) is 18.7. The van der Waals surface area contributed by atoms with E-state index in [0.29, 0.717) is 40.0 Å². The molecule has 0 aliphatic carbocycles. The molecule has 0 unspecified atom stereocenters. The Bertz CT molecular complexity index is 6520. The van der Waals surface area contributed by atoms with Crippen molar-refractivity contribution in [2.75, 3.05) is 0 Å². The molecule has 92 heavy (non-hydrogen) atoms. The van der Waals surface area contributed by atoms with E-state index in [0.717, 1.165) is 159 Å². The van der Waals surface area contributed by atoms with Crippen LogP contribution in [0, 0.1) is 11.3 Å². The molecule has 7 heterocycles. The highest BCUT2D eigenvalue weighted by molar-refractivity contribution is 6.31. The van der Waals surface area contributed by atoms with Crippen molar-refractivity contribution in [1.29, 1.82) is 5.26 Å². The maximum atomic E-state index is 12.6. The number of nitrogens with zero attached hydrogens (tertiary/aromatic N) is 7. The average molecular weight is 1180 g/mol. The monoisotopic (exact) mass is 1180 g/mol. The van der Waals surface area contributed by atoms with E-state index in [1.165, 1.54) is 0 Å². The summed E-state index contributed by atoms with van der Waals surface area (Å²) >= 11 is 0. The SMILES string of the molecule is N#Cc1cc(-c2nc(-c3ccccc3)nc(-c3ccccc3)n2)c(-n2c3ccccc3c3c4c(ccc32)oc2ccccc24)c(-n2c3ccccc3c3c4c(ccc32)oc2ccccc24)c1-n1c2ccc(-c3ccccc3)cc2c2c3c(ccc21)oc1ccccc13. The zero-order chi connectivity index (χ0) is 60.3. The first-order valence-corrected chi connectivity index (χ1v) is 30.7. The Balaban J connectivity index is 1.06. The van der Waals surface area contributed by atoms with Crippen LogP contribution in [0.2, 0.25) is 0 Å². The lowest BCUT2D eigenvalue weighted by Crippen LogP contribution is -2.14. The van der Waals surface area contributed by atoms with E-state index < -0.39 is 0 Å². The van der Waals surface area contributed by atoms with Gasteiger partial charge in [-0.3, -0.25) is 0 Å². The Morgan fingerprint density at radius 1 is 0.261 bits per heavy atom. The molecule has 0 fully saturated rings. The maximum Gasteiger partial charge on any atom is 0.166 e. The third-order valence-corrected chi connectivity index (χ3v) is 18.7. The number of hydrogen-bond acceptors (Lipinski definition) is 7. The number of hydrogen-bond donors (Lipinski definition) is 0. The topological polar surface area (TPSA) is 117 Å². The van der Waals surface area contributed by atoms with Crippen LogP contribution in [0.1, 0.15) is 5.56 Å². The van der Waals surface area contributed by atoms with E-state index in [1.54, 1.807) is 0 Å². The molecule has 10 nitrogen and oxygen atoms in total. The Kier molecular flexibility index (Phi) is 10.4. The molecule has 0 N–H and O–H groups in total. The summed E-state index contributed by atoms with van der Waals surface area (Å²) in [5, 5.41) is 24.7. The standard InChI is InChI=1S/C82H45N7O3/c83-46-51-45-58(82-85-80(48-22-6-2-7-23-48)84-81(86-82)49-24-8-3-9-25-49)78(88-59-31-15-10-26-52(59)71-62(88)38-41-68-74(71)54-28-12-17-33-65(54)90-68)79(89-60-32-16-11-27-53(60)72-63(89)39-42-69-75(72)55-29-13-18-34-66(55)91-69)77(51)87-61-37-36-50(47-20-4-1-5-21-47)44-57(61)73-64(87)40-43-70-76(73)56-30-14-19-35-67(56)92-70/h1-45H. The zero-order valence-corrected chi connectivity index (χ0v) is 48.8. The van der Waals surface area contributed by atoms with Gasteiger partial charge in [0.15, 0.2) is 17.5 Å². The summed E-state index contributed by atoms with van der Waals surface area (Å²) < 4.78 is 27.4. The molecule has 0 radical (unpaired) electrons. The molecule has 0 saturated heterocycles. The lowest BCUT2D eigenvalue weighted by molar-refractivity contribution is 0.669. The average Bonchev–Trinajstić information content (AvgIpc) is 1.50. The first kappa shape index (κ1) is 50.2. The van der Waals surface area contributed by atoms with E-state index in [1.807, 2.05) is 103 Å². The van der Waals surface area contributed by atoms with Gasteiger partial charge in [0.1, 0.15) is 39.6 Å². The van der Waals surface area contributed by atoms with Gasteiger partial charge < -0.3 is 27.0 Å². The van der Waals surface area contributed by atoms with Crippen molar-refractivity contribution in [2.24, 2.45) is 0 Å². The summed E-state index contributed by atoms with van der Waals surface area (Å²) in [4.78, 5) is 16.4. The molecule has 20 rings (SSSR count). The fourth-order valence-electron chi connectivity index (χ4n) is 14.9. The molecule has 0 atom stereocenters. The predicted octanol–water partition coefficient (Wildman–Crippen LogP) is 21.4. The largest absolute Gasteiger partial charge is 0.456 e. The quantitative estimate of drug-likeness (QED) is 0.156. The molecule has 426 valence electrons. The van der Waals surface area contributed by atoms with Crippen molar-refractivity contribution in [1.82, 2.24) is 28.7 Å². The fraction of sp³-hybridized carbons (Fsp3) is 0. The van der Waals surface area contributed by atoms with Crippen LogP contribution in [0.15, 0.2) is 286 Å². The summed E-state index contributed by atoms with van der Waals surface area (Å²) in [6.45, 7) is 0. The first-order valence-electron chi connectivity index (χ1n) is 30.7. The molecule has 0 saturated carbocycles. The van der Waals surface area contributed by atoms with E-state index in [9.17, 15) is 5.26 Å². The highest BCUT2D eigenvalue weighted by Gasteiger charge is 2.34. The van der Waals surface area contributed by atoms with Gasteiger partial charge in [0.25, 0.3) is 0 Å². The van der Waals surface area contributed by atoms with Gasteiger partial charge in [-0.15, -0.1) is 0 Å². The molecule has 0 bridgehead atoms. The van der Waals surface area contributed by atoms with E-state index >= 15 is 0 Å². The molecule has 20 aromatic rings. The van der Waals surface area contributed by atoms with Crippen LogP contribution in [0.25, 0.3) is 194 Å². The van der Waals surface area contributed by atoms with Gasteiger partial charge in [-0.1, -0.05) is 188 Å². The van der Waals surface area contributed by atoms with Crippen molar-refractivity contribution in [2.45, 2.75) is 0 Å². The molecule has 7 aromatic heterocycles. The summed E-state index contributed by atoms with van der Waals surface area (Å²) in [7, 11) is 0. The number of para-hydroxylation sites is 5.